The van der Waals surface area contributed by atoms with E-state index < -0.39 is 5.09 Å². The van der Waals surface area contributed by atoms with Gasteiger partial charge in [-0.3, -0.25) is 4.79 Å². The van der Waals surface area contributed by atoms with E-state index in [1.165, 1.54) is 6.42 Å². The zero-order valence-corrected chi connectivity index (χ0v) is 11.1. The molecule has 1 aromatic carbocycles. The van der Waals surface area contributed by atoms with Crippen molar-refractivity contribution in [3.8, 4) is 5.75 Å². The van der Waals surface area contributed by atoms with Crippen LogP contribution in [0.15, 0.2) is 24.3 Å². The first-order chi connectivity index (χ1) is 9.65. The Bertz CT molecular complexity index is 465. The van der Waals surface area contributed by atoms with E-state index in [4.69, 9.17) is 4.74 Å². The Morgan fingerprint density at radius 1 is 1.20 bits per heavy atom. The number of hydrogen-bond donors (Lipinski definition) is 0. The Hall–Kier alpha value is -2.11. The molecule has 0 amide bonds. The van der Waals surface area contributed by atoms with Crippen LogP contribution >= 0.6 is 0 Å². The number of hydrogen-bond acceptors (Lipinski definition) is 5. The van der Waals surface area contributed by atoms with Crippen molar-refractivity contribution in [2.75, 3.05) is 0 Å². The third kappa shape index (κ3) is 4.22. The molecule has 0 radical (unpaired) electrons. The lowest BCUT2D eigenvalue weighted by molar-refractivity contribution is -0.763. The van der Waals surface area contributed by atoms with Gasteiger partial charge >= 0.3 is 5.97 Å². The van der Waals surface area contributed by atoms with Gasteiger partial charge in [-0.1, -0.05) is 31.4 Å². The van der Waals surface area contributed by atoms with Crippen LogP contribution in [-0.4, -0.2) is 11.1 Å². The molecule has 0 heterocycles. The molecule has 0 saturated heterocycles. The van der Waals surface area contributed by atoms with Crippen LogP contribution in [0.4, 0.5) is 0 Å². The van der Waals surface area contributed by atoms with Crippen molar-refractivity contribution in [3.05, 3.63) is 39.9 Å². The lowest BCUT2D eigenvalue weighted by atomic mass is 9.89. The Labute approximate surface area is 116 Å². The molecule has 1 aliphatic rings. The summed E-state index contributed by atoms with van der Waals surface area (Å²) in [6.45, 7) is -0.107. The summed E-state index contributed by atoms with van der Waals surface area (Å²) < 4.78 is 5.32. The Balaban J connectivity index is 1.86. The second-order valence-electron chi connectivity index (χ2n) is 4.90. The number of rotatable bonds is 5. The van der Waals surface area contributed by atoms with Crippen LogP contribution in [0.25, 0.3) is 0 Å². The van der Waals surface area contributed by atoms with Crippen LogP contribution in [0.3, 0.4) is 0 Å². The molecule has 1 aliphatic carbocycles. The van der Waals surface area contributed by atoms with E-state index in [1.54, 1.807) is 24.3 Å². The normalized spacial score (nSPS) is 15.6. The minimum Gasteiger partial charge on any atom is -0.426 e. The van der Waals surface area contributed by atoms with E-state index in [0.29, 0.717) is 11.3 Å². The summed E-state index contributed by atoms with van der Waals surface area (Å²) in [4.78, 5) is 26.3. The molecule has 2 rings (SSSR count). The molecule has 0 atom stereocenters. The lowest BCUT2D eigenvalue weighted by Gasteiger charge is -2.19. The second-order valence-corrected chi connectivity index (χ2v) is 4.90. The highest BCUT2D eigenvalue weighted by molar-refractivity contribution is 5.75. The summed E-state index contributed by atoms with van der Waals surface area (Å²) in [6.07, 6.45) is 5.14. The summed E-state index contributed by atoms with van der Waals surface area (Å²) >= 11 is 0. The Morgan fingerprint density at radius 2 is 1.85 bits per heavy atom. The smallest absolute Gasteiger partial charge is 0.314 e. The van der Waals surface area contributed by atoms with Crippen molar-refractivity contribution in [3.63, 3.8) is 0 Å². The third-order valence-electron chi connectivity index (χ3n) is 3.42. The first-order valence-corrected chi connectivity index (χ1v) is 6.73. The van der Waals surface area contributed by atoms with E-state index in [-0.39, 0.29) is 18.5 Å². The number of carbonyl (C=O) groups is 1. The van der Waals surface area contributed by atoms with Crippen LogP contribution in [0, 0.1) is 16.0 Å². The van der Waals surface area contributed by atoms with E-state index in [0.717, 1.165) is 25.7 Å². The molecule has 0 aliphatic heterocycles. The molecule has 0 N–H and O–H groups in total. The molecule has 20 heavy (non-hydrogen) atoms. The Kier molecular flexibility index (Phi) is 4.92. The predicted molar refractivity (Wildman–Crippen MR) is 70.4 cm³/mol. The van der Waals surface area contributed by atoms with E-state index >= 15 is 0 Å². The van der Waals surface area contributed by atoms with Crippen LogP contribution in [0.1, 0.15) is 37.7 Å². The SMILES string of the molecule is O=C(Oc1ccc(CO[N+](=O)[O-])cc1)C1CCCCC1. The molecule has 1 fully saturated rings. The third-order valence-corrected chi connectivity index (χ3v) is 3.42. The van der Waals surface area contributed by atoms with Crippen molar-refractivity contribution in [2.24, 2.45) is 5.92 Å². The molecule has 108 valence electrons. The average Bonchev–Trinajstić information content (AvgIpc) is 2.47. The molecular weight excluding hydrogens is 262 g/mol. The largest absolute Gasteiger partial charge is 0.426 e. The van der Waals surface area contributed by atoms with Crippen LogP contribution in [0.2, 0.25) is 0 Å². The van der Waals surface area contributed by atoms with E-state index in [2.05, 4.69) is 4.84 Å². The minimum absolute atomic E-state index is 0.00115. The molecule has 1 saturated carbocycles. The van der Waals surface area contributed by atoms with Gasteiger partial charge in [0.15, 0.2) is 0 Å². The van der Waals surface area contributed by atoms with Gasteiger partial charge in [-0.25, -0.2) is 0 Å². The summed E-state index contributed by atoms with van der Waals surface area (Å²) in [5.41, 5.74) is 0.652. The molecule has 6 heteroatoms. The highest BCUT2D eigenvalue weighted by Gasteiger charge is 2.22. The van der Waals surface area contributed by atoms with Gasteiger partial charge in [0.05, 0.1) is 5.92 Å². The molecule has 0 bridgehead atoms. The average molecular weight is 279 g/mol. The maximum absolute atomic E-state index is 11.9. The first kappa shape index (κ1) is 14.3. The molecule has 6 nitrogen and oxygen atoms in total. The van der Waals surface area contributed by atoms with Gasteiger partial charge < -0.3 is 9.57 Å². The molecule has 1 aromatic rings. The topological polar surface area (TPSA) is 78.7 Å². The summed E-state index contributed by atoms with van der Waals surface area (Å²) in [5, 5.41) is 9.24. The van der Waals surface area contributed by atoms with Gasteiger partial charge in [0.25, 0.3) is 5.09 Å². The van der Waals surface area contributed by atoms with Gasteiger partial charge in [0.2, 0.25) is 0 Å². The monoisotopic (exact) mass is 279 g/mol. The zero-order valence-electron chi connectivity index (χ0n) is 11.1. The van der Waals surface area contributed by atoms with E-state index in [9.17, 15) is 14.9 Å². The first-order valence-electron chi connectivity index (χ1n) is 6.73. The number of benzene rings is 1. The number of esters is 1. The number of nitrogens with zero attached hydrogens (tertiary/aromatic N) is 1. The number of carbonyl (C=O) groups excluding carboxylic acids is 1. The maximum atomic E-state index is 11.9. The van der Waals surface area contributed by atoms with E-state index in [1.807, 2.05) is 0 Å². The fraction of sp³-hybridized carbons (Fsp3) is 0.500. The van der Waals surface area contributed by atoms with Crippen molar-refractivity contribution in [2.45, 2.75) is 38.7 Å². The van der Waals surface area contributed by atoms with Gasteiger partial charge in [0.1, 0.15) is 12.4 Å². The molecule has 0 spiro atoms. The molecular formula is C14H17NO5. The predicted octanol–water partition coefficient (Wildman–Crippen LogP) is 2.88. The van der Waals surface area contributed by atoms with Crippen molar-refractivity contribution < 1.29 is 19.5 Å². The van der Waals surface area contributed by atoms with Gasteiger partial charge in [0, 0.05) is 0 Å². The van der Waals surface area contributed by atoms with Gasteiger partial charge in [-0.05, 0) is 30.5 Å². The Morgan fingerprint density at radius 3 is 2.45 bits per heavy atom. The highest BCUT2D eigenvalue weighted by atomic mass is 16.9. The van der Waals surface area contributed by atoms with Crippen molar-refractivity contribution in [1.82, 2.24) is 0 Å². The molecule has 0 unspecified atom stereocenters. The summed E-state index contributed by atoms with van der Waals surface area (Å²) in [5.74, 6) is 0.283. The molecule has 0 aromatic heterocycles. The highest BCUT2D eigenvalue weighted by Crippen LogP contribution is 2.25. The number of ether oxygens (including phenoxy) is 1. The lowest BCUT2D eigenvalue weighted by Crippen LogP contribution is -2.22. The summed E-state index contributed by atoms with van der Waals surface area (Å²) in [7, 11) is 0. The van der Waals surface area contributed by atoms with Crippen molar-refractivity contribution >= 4 is 5.97 Å². The zero-order chi connectivity index (χ0) is 14.4. The fourth-order valence-electron chi connectivity index (χ4n) is 2.32. The standard InChI is InChI=1S/C14H17NO5/c16-14(12-4-2-1-3-5-12)20-13-8-6-11(7-9-13)10-19-15(17)18/h6-9,12H,1-5,10H2. The van der Waals surface area contributed by atoms with Crippen LogP contribution < -0.4 is 4.74 Å². The second kappa shape index (κ2) is 6.88. The summed E-state index contributed by atoms with van der Waals surface area (Å²) in [6, 6.07) is 6.54. The van der Waals surface area contributed by atoms with Crippen molar-refractivity contribution in [1.29, 1.82) is 0 Å². The maximum Gasteiger partial charge on any atom is 0.314 e. The van der Waals surface area contributed by atoms with Crippen LogP contribution in [0.5, 0.6) is 5.75 Å². The minimum atomic E-state index is -0.836. The van der Waals surface area contributed by atoms with Crippen LogP contribution in [-0.2, 0) is 16.2 Å². The van der Waals surface area contributed by atoms with Gasteiger partial charge in [-0.15, -0.1) is 10.1 Å². The quantitative estimate of drug-likeness (QED) is 0.358. The fourth-order valence-corrected chi connectivity index (χ4v) is 2.32. The van der Waals surface area contributed by atoms with Gasteiger partial charge in [-0.2, -0.15) is 0 Å².